The molecule has 6 nitrogen and oxygen atoms in total. The quantitative estimate of drug-likeness (QED) is 0.735. The molecule has 0 aliphatic rings. The number of rotatable bonds is 6. The van der Waals surface area contributed by atoms with E-state index in [1.165, 1.54) is 17.1 Å². The lowest BCUT2D eigenvalue weighted by Crippen LogP contribution is -2.38. The largest absolute Gasteiger partial charge is 0.289 e. The molecule has 0 aromatic heterocycles. The Balaban J connectivity index is 2.52. The molecule has 0 heterocycles. The molecule has 0 atom stereocenters. The molecule has 0 saturated heterocycles. The van der Waals surface area contributed by atoms with Gasteiger partial charge in [0.2, 0.25) is 15.9 Å². The molecule has 0 fully saturated rings. The summed E-state index contributed by atoms with van der Waals surface area (Å²) in [7, 11) is -0.167. The van der Waals surface area contributed by atoms with Crippen LogP contribution in [0.5, 0.6) is 0 Å². The Morgan fingerprint density at radius 3 is 2.32 bits per heavy atom. The van der Waals surface area contributed by atoms with E-state index < -0.39 is 10.0 Å². The van der Waals surface area contributed by atoms with Crippen LogP contribution in [0.2, 0.25) is 0 Å². The molecule has 106 valence electrons. The number of hydrazine groups is 1. The lowest BCUT2D eigenvalue weighted by Gasteiger charge is -2.12. The molecule has 0 aliphatic carbocycles. The molecular formula is C12H19N3O3S. The lowest BCUT2D eigenvalue weighted by atomic mass is 10.2. The number of sulfonamides is 1. The summed E-state index contributed by atoms with van der Waals surface area (Å²) in [6.45, 7) is 1.95. The molecule has 0 radical (unpaired) electrons. The summed E-state index contributed by atoms with van der Waals surface area (Å²) >= 11 is 0. The zero-order valence-electron chi connectivity index (χ0n) is 11.3. The van der Waals surface area contributed by atoms with E-state index in [2.05, 4.69) is 10.1 Å². The van der Waals surface area contributed by atoms with Gasteiger partial charge in [0.25, 0.3) is 0 Å². The van der Waals surface area contributed by atoms with Gasteiger partial charge < -0.3 is 0 Å². The van der Waals surface area contributed by atoms with Crippen LogP contribution in [-0.4, -0.2) is 40.0 Å². The molecule has 19 heavy (non-hydrogen) atoms. The summed E-state index contributed by atoms with van der Waals surface area (Å²) in [6.07, 6.45) is 0.0866. The van der Waals surface area contributed by atoms with Crippen molar-refractivity contribution in [1.82, 2.24) is 15.2 Å². The number of nitrogens with one attached hydrogen (secondary N) is 2. The van der Waals surface area contributed by atoms with E-state index in [0.717, 1.165) is 5.56 Å². The van der Waals surface area contributed by atoms with Crippen LogP contribution in [-0.2, 0) is 14.8 Å². The Morgan fingerprint density at radius 1 is 1.21 bits per heavy atom. The minimum atomic E-state index is -3.54. The summed E-state index contributed by atoms with van der Waals surface area (Å²) < 4.78 is 26.2. The first kappa shape index (κ1) is 15.6. The number of hydrogen-bond acceptors (Lipinski definition) is 4. The van der Waals surface area contributed by atoms with Crippen LogP contribution < -0.4 is 10.1 Å². The second kappa shape index (κ2) is 6.65. The van der Waals surface area contributed by atoms with Crippen molar-refractivity contribution in [1.29, 1.82) is 0 Å². The fraction of sp³-hybridized carbons (Fsp3) is 0.417. The molecular weight excluding hydrogens is 266 g/mol. The number of hydrogen-bond donors (Lipinski definition) is 2. The van der Waals surface area contributed by atoms with Gasteiger partial charge in [-0.1, -0.05) is 17.7 Å². The van der Waals surface area contributed by atoms with Crippen LogP contribution in [0.3, 0.4) is 0 Å². The molecule has 7 heteroatoms. The van der Waals surface area contributed by atoms with Crippen LogP contribution in [0, 0.1) is 6.92 Å². The third-order valence-corrected chi connectivity index (χ3v) is 3.80. The van der Waals surface area contributed by atoms with E-state index in [4.69, 9.17) is 0 Å². The van der Waals surface area contributed by atoms with Crippen molar-refractivity contribution in [2.75, 3.05) is 20.6 Å². The van der Waals surface area contributed by atoms with Crippen molar-refractivity contribution in [2.45, 2.75) is 18.2 Å². The number of amides is 1. The summed E-state index contributed by atoms with van der Waals surface area (Å²) in [5, 5.41) is 1.51. The zero-order chi connectivity index (χ0) is 14.5. The molecule has 1 aromatic rings. The number of aryl methyl sites for hydroxylation is 1. The normalized spacial score (nSPS) is 11.6. The maximum absolute atomic E-state index is 11.9. The van der Waals surface area contributed by atoms with Gasteiger partial charge in [0.1, 0.15) is 0 Å². The van der Waals surface area contributed by atoms with Gasteiger partial charge >= 0.3 is 0 Å². The molecule has 1 aromatic carbocycles. The minimum Gasteiger partial charge on any atom is -0.289 e. The van der Waals surface area contributed by atoms with Crippen molar-refractivity contribution >= 4 is 15.9 Å². The van der Waals surface area contributed by atoms with Crippen LogP contribution >= 0.6 is 0 Å². The third kappa shape index (κ3) is 5.37. The van der Waals surface area contributed by atoms with Crippen LogP contribution in [0.15, 0.2) is 29.2 Å². The minimum absolute atomic E-state index is 0.0654. The first-order chi connectivity index (χ1) is 8.81. The Labute approximate surface area is 113 Å². The molecule has 0 aliphatic heterocycles. The Kier molecular flexibility index (Phi) is 5.46. The van der Waals surface area contributed by atoms with Gasteiger partial charge in [0.05, 0.1) is 4.90 Å². The maximum Gasteiger partial charge on any atom is 0.240 e. The van der Waals surface area contributed by atoms with Crippen molar-refractivity contribution in [2.24, 2.45) is 0 Å². The van der Waals surface area contributed by atoms with Gasteiger partial charge in [-0.25, -0.2) is 18.1 Å². The number of nitrogens with zero attached hydrogens (tertiary/aromatic N) is 1. The van der Waals surface area contributed by atoms with Gasteiger partial charge in [-0.05, 0) is 19.1 Å². The van der Waals surface area contributed by atoms with E-state index in [1.54, 1.807) is 26.2 Å². The standard InChI is InChI=1S/C12H19N3O3S/c1-10-4-6-11(7-5-10)19(17,18)13-9-8-12(16)14-15(2)3/h4-7,13H,8-9H2,1-3H3,(H,14,16). The summed E-state index contributed by atoms with van der Waals surface area (Å²) in [4.78, 5) is 11.5. The van der Waals surface area contributed by atoms with Crippen molar-refractivity contribution < 1.29 is 13.2 Å². The van der Waals surface area contributed by atoms with E-state index >= 15 is 0 Å². The Morgan fingerprint density at radius 2 is 1.79 bits per heavy atom. The van der Waals surface area contributed by atoms with E-state index in [9.17, 15) is 13.2 Å². The van der Waals surface area contributed by atoms with E-state index in [-0.39, 0.29) is 23.8 Å². The topological polar surface area (TPSA) is 78.5 Å². The van der Waals surface area contributed by atoms with E-state index in [1.807, 2.05) is 6.92 Å². The van der Waals surface area contributed by atoms with Gasteiger partial charge in [0, 0.05) is 27.1 Å². The van der Waals surface area contributed by atoms with Gasteiger partial charge in [-0.3, -0.25) is 10.2 Å². The van der Waals surface area contributed by atoms with Gasteiger partial charge in [0.15, 0.2) is 0 Å². The van der Waals surface area contributed by atoms with Gasteiger partial charge in [-0.15, -0.1) is 0 Å². The highest BCUT2D eigenvalue weighted by Crippen LogP contribution is 2.09. The van der Waals surface area contributed by atoms with Crippen LogP contribution in [0.25, 0.3) is 0 Å². The first-order valence-corrected chi connectivity index (χ1v) is 7.33. The average Bonchev–Trinajstić information content (AvgIpc) is 2.28. The second-order valence-electron chi connectivity index (χ2n) is 4.39. The predicted molar refractivity (Wildman–Crippen MR) is 72.8 cm³/mol. The highest BCUT2D eigenvalue weighted by atomic mass is 32.2. The molecule has 0 saturated carbocycles. The van der Waals surface area contributed by atoms with E-state index in [0.29, 0.717) is 0 Å². The number of carbonyl (C=O) groups excluding carboxylic acids is 1. The summed E-state index contributed by atoms with van der Waals surface area (Å²) in [6, 6.07) is 6.54. The van der Waals surface area contributed by atoms with Gasteiger partial charge in [-0.2, -0.15) is 0 Å². The molecule has 0 unspecified atom stereocenters. The fourth-order valence-electron chi connectivity index (χ4n) is 1.40. The van der Waals surface area contributed by atoms with Crippen LogP contribution in [0.1, 0.15) is 12.0 Å². The smallest absolute Gasteiger partial charge is 0.240 e. The second-order valence-corrected chi connectivity index (χ2v) is 6.16. The van der Waals surface area contributed by atoms with Crippen molar-refractivity contribution in [3.63, 3.8) is 0 Å². The molecule has 2 N–H and O–H groups in total. The number of benzene rings is 1. The third-order valence-electron chi connectivity index (χ3n) is 2.32. The summed E-state index contributed by atoms with van der Waals surface area (Å²) in [5.74, 6) is -0.239. The maximum atomic E-state index is 11.9. The highest BCUT2D eigenvalue weighted by Gasteiger charge is 2.13. The Bertz CT molecular complexity index is 524. The fourth-order valence-corrected chi connectivity index (χ4v) is 2.44. The first-order valence-electron chi connectivity index (χ1n) is 5.84. The SMILES string of the molecule is Cc1ccc(S(=O)(=O)NCCC(=O)NN(C)C)cc1. The summed E-state index contributed by atoms with van der Waals surface area (Å²) in [5.41, 5.74) is 3.53. The molecule has 0 spiro atoms. The lowest BCUT2D eigenvalue weighted by molar-refractivity contribution is -0.124. The highest BCUT2D eigenvalue weighted by molar-refractivity contribution is 7.89. The molecule has 0 bridgehead atoms. The monoisotopic (exact) mass is 285 g/mol. The predicted octanol–water partition coefficient (Wildman–Crippen LogP) is 0.256. The zero-order valence-corrected chi connectivity index (χ0v) is 12.1. The Hall–Kier alpha value is -1.44. The van der Waals surface area contributed by atoms with Crippen LogP contribution in [0.4, 0.5) is 0 Å². The molecule has 1 rings (SSSR count). The van der Waals surface area contributed by atoms with Crippen molar-refractivity contribution in [3.8, 4) is 0 Å². The molecule has 1 amide bonds. The number of carbonyl (C=O) groups is 1. The average molecular weight is 285 g/mol. The van der Waals surface area contributed by atoms with Crippen molar-refractivity contribution in [3.05, 3.63) is 29.8 Å².